The number of hydrogen-bond acceptors (Lipinski definition) is 22. The second-order valence-corrected chi connectivity index (χ2v) is 25.2. The van der Waals surface area contributed by atoms with Gasteiger partial charge in [-0.2, -0.15) is 35.1 Å². The summed E-state index contributed by atoms with van der Waals surface area (Å²) >= 11 is 3.43. The standard InChI is InChI=1S/C34H24F4N2O8.C23H24BF2NO6.C17H12BrF2NO4/c1-15-17(7-5-9-19(15)29-39-23-11-21(31(41)43-3)25(47-33(35)36)13-27(23)45-29)18-8-6-10-20(16(18)2)30-40-24-12-22(32(42)44-4)26(48-34(37)38)14-28(24)46-30;1-12-13(8-7-9-15(12)24-32-22(2,3)23(4,5)33-24)19-27-16-10-14(20(28)29-6)17(31-21(25)26)11-18(16)30-19;1-8-9(4-3-5-11(8)18)15-21-12-6-10(16(22)23-2)13(25-17(19)20)7-14(12)24-15/h5-14,33-34H,1-4H3;7-11,21H,1-6H3;3-7,17H,1-2H3. The van der Waals surface area contributed by atoms with Crippen LogP contribution in [0.5, 0.6) is 23.0 Å². The van der Waals surface area contributed by atoms with Crippen molar-refractivity contribution in [1.29, 1.82) is 0 Å². The number of alkyl halides is 8. The molecule has 106 heavy (non-hydrogen) atoms. The Morgan fingerprint density at radius 3 is 0.915 bits per heavy atom. The number of aromatic nitrogens is 4. The molecule has 0 amide bonds. The molecular formula is C74H60BBrF8N4O18. The fraction of sp³-hybridized carbons (Fsp3) is 0.243. The molecule has 0 N–H and O–H groups in total. The number of halogens is 9. The van der Waals surface area contributed by atoms with Crippen molar-refractivity contribution >= 4 is 96.8 Å². The fourth-order valence-corrected chi connectivity index (χ4v) is 11.8. The first-order valence-corrected chi connectivity index (χ1v) is 32.4. The minimum absolute atomic E-state index is 0.115. The van der Waals surface area contributed by atoms with E-state index in [1.54, 1.807) is 24.3 Å². The predicted molar refractivity (Wildman–Crippen MR) is 371 cm³/mol. The van der Waals surface area contributed by atoms with Crippen LogP contribution in [-0.2, 0) is 28.3 Å². The molecule has 550 valence electrons. The first-order chi connectivity index (χ1) is 50.3. The average molecular weight is 1540 g/mol. The van der Waals surface area contributed by atoms with Crippen molar-refractivity contribution < 1.29 is 119 Å². The molecule has 12 aromatic rings. The van der Waals surface area contributed by atoms with E-state index >= 15 is 0 Å². The number of carbonyl (C=O) groups is 4. The van der Waals surface area contributed by atoms with Gasteiger partial charge in [-0.1, -0.05) is 58.4 Å². The molecule has 0 unspecified atom stereocenters. The zero-order valence-electron chi connectivity index (χ0n) is 58.0. The summed E-state index contributed by atoms with van der Waals surface area (Å²) in [7, 11) is 3.96. The van der Waals surface area contributed by atoms with Gasteiger partial charge in [0.05, 0.1) is 39.6 Å². The van der Waals surface area contributed by atoms with Gasteiger partial charge < -0.3 is 64.9 Å². The number of carbonyl (C=O) groups excluding carboxylic acids is 4. The molecule has 1 saturated heterocycles. The molecule has 0 saturated carbocycles. The third-order valence-corrected chi connectivity index (χ3v) is 18.3. The molecular weight excluding hydrogens is 1480 g/mol. The van der Waals surface area contributed by atoms with Crippen LogP contribution in [-0.4, -0.2) is 117 Å². The van der Waals surface area contributed by atoms with Crippen molar-refractivity contribution in [3.05, 3.63) is 170 Å². The van der Waals surface area contributed by atoms with Gasteiger partial charge in [0, 0.05) is 51.0 Å². The first kappa shape index (κ1) is 75.8. The highest BCUT2D eigenvalue weighted by Gasteiger charge is 2.52. The quantitative estimate of drug-likeness (QED) is 0.0334. The fourth-order valence-electron chi connectivity index (χ4n) is 11.4. The maximum absolute atomic E-state index is 13.1. The largest absolute Gasteiger partial charge is 0.495 e. The number of hydrogen-bond donors (Lipinski definition) is 0. The zero-order valence-corrected chi connectivity index (χ0v) is 59.6. The van der Waals surface area contributed by atoms with Crippen molar-refractivity contribution in [3.63, 3.8) is 0 Å². The molecule has 5 heterocycles. The lowest BCUT2D eigenvalue weighted by Gasteiger charge is -2.32. The third kappa shape index (κ3) is 15.5. The lowest BCUT2D eigenvalue weighted by molar-refractivity contribution is -0.0511. The number of ether oxygens (including phenoxy) is 8. The summed E-state index contributed by atoms with van der Waals surface area (Å²) in [4.78, 5) is 66.2. The van der Waals surface area contributed by atoms with E-state index in [9.17, 15) is 54.3 Å². The number of benzene rings is 8. The molecule has 0 aliphatic carbocycles. The van der Waals surface area contributed by atoms with Gasteiger partial charge in [-0.3, -0.25) is 0 Å². The summed E-state index contributed by atoms with van der Waals surface area (Å²) in [6, 6.07) is 31.9. The van der Waals surface area contributed by atoms with Gasteiger partial charge in [0.15, 0.2) is 22.3 Å². The van der Waals surface area contributed by atoms with E-state index in [-0.39, 0.29) is 84.8 Å². The topological polar surface area (TPSA) is 265 Å². The van der Waals surface area contributed by atoms with Crippen LogP contribution in [0.25, 0.3) is 101 Å². The van der Waals surface area contributed by atoms with Crippen LogP contribution in [0.1, 0.15) is 91.4 Å². The van der Waals surface area contributed by atoms with Crippen molar-refractivity contribution in [2.75, 3.05) is 28.4 Å². The maximum atomic E-state index is 13.1. The van der Waals surface area contributed by atoms with Gasteiger partial charge in [0.1, 0.15) is 67.3 Å². The van der Waals surface area contributed by atoms with E-state index < -0.39 is 80.1 Å². The van der Waals surface area contributed by atoms with Crippen LogP contribution in [0.15, 0.2) is 143 Å². The number of rotatable bonds is 18. The summed E-state index contributed by atoms with van der Waals surface area (Å²) in [6.07, 6.45) is 0. The molecule has 0 spiro atoms. The van der Waals surface area contributed by atoms with Gasteiger partial charge in [0.2, 0.25) is 23.6 Å². The molecule has 13 rings (SSSR count). The number of oxazole rings is 4. The monoisotopic (exact) mass is 1530 g/mol. The molecule has 22 nitrogen and oxygen atoms in total. The van der Waals surface area contributed by atoms with E-state index in [1.165, 1.54) is 36.4 Å². The van der Waals surface area contributed by atoms with Gasteiger partial charge in [-0.25, -0.2) is 39.1 Å². The molecule has 8 aromatic carbocycles. The Kier molecular flexibility index (Phi) is 22.0. The second kappa shape index (κ2) is 30.7. The Labute approximate surface area is 605 Å². The number of esters is 4. The molecule has 1 fully saturated rings. The van der Waals surface area contributed by atoms with Crippen LogP contribution < -0.4 is 24.4 Å². The third-order valence-electron chi connectivity index (χ3n) is 17.5. The minimum Gasteiger partial charge on any atom is -0.465 e. The number of nitrogens with zero attached hydrogens (tertiary/aromatic N) is 4. The van der Waals surface area contributed by atoms with E-state index in [0.29, 0.717) is 33.6 Å². The number of methoxy groups -OCH3 is 4. The smallest absolute Gasteiger partial charge is 0.465 e. The van der Waals surface area contributed by atoms with Crippen LogP contribution in [0.4, 0.5) is 35.1 Å². The highest BCUT2D eigenvalue weighted by Crippen LogP contribution is 2.43. The summed E-state index contributed by atoms with van der Waals surface area (Å²) in [5.41, 5.74) is 8.20. The Hall–Kier alpha value is -11.4. The lowest BCUT2D eigenvalue weighted by Crippen LogP contribution is -2.41. The Balaban J connectivity index is 0.000000168. The van der Waals surface area contributed by atoms with E-state index in [4.69, 9.17) is 36.5 Å². The van der Waals surface area contributed by atoms with Crippen molar-refractivity contribution in [2.45, 2.75) is 93.0 Å². The van der Waals surface area contributed by atoms with E-state index in [1.807, 2.05) is 104 Å². The van der Waals surface area contributed by atoms with E-state index in [2.05, 4.69) is 64.3 Å². The molecule has 4 aromatic heterocycles. The highest BCUT2D eigenvalue weighted by atomic mass is 79.9. The normalized spacial score (nSPS) is 13.1. The zero-order chi connectivity index (χ0) is 76.5. The summed E-state index contributed by atoms with van der Waals surface area (Å²) in [5, 5.41) is 0. The predicted octanol–water partition coefficient (Wildman–Crippen LogP) is 17.8. The lowest BCUT2D eigenvalue weighted by atomic mass is 9.75. The van der Waals surface area contributed by atoms with Crippen LogP contribution in [0, 0.1) is 27.7 Å². The van der Waals surface area contributed by atoms with Gasteiger partial charge >= 0.3 is 57.4 Å². The Morgan fingerprint density at radius 2 is 0.632 bits per heavy atom. The van der Waals surface area contributed by atoms with Crippen LogP contribution >= 0.6 is 15.9 Å². The number of fused-ring (bicyclic) bond motifs is 4. The summed E-state index contributed by atoms with van der Waals surface area (Å²) in [5.74, 6) is -3.99. The second-order valence-electron chi connectivity index (χ2n) is 24.3. The minimum atomic E-state index is -3.18. The Bertz CT molecular complexity index is 5220. The van der Waals surface area contributed by atoms with Crippen LogP contribution in [0.3, 0.4) is 0 Å². The molecule has 0 atom stereocenters. The Morgan fingerprint density at radius 1 is 0.377 bits per heavy atom. The van der Waals surface area contributed by atoms with Crippen molar-refractivity contribution in [3.8, 4) is 79.9 Å². The summed E-state index contributed by atoms with van der Waals surface area (Å²) in [6.45, 7) is 2.83. The SMILES string of the molecule is COC(=O)c1cc2nc(-c3cccc(-c4cccc(-c5nc6cc(C(=O)OC)c(OC(F)F)cc6o5)c4C)c3C)oc2cc1OC(F)F.COC(=O)c1cc2nc(-c3cccc(B4OC(C)(C)C(C)(C)O4)c3C)oc2cc1OC(F)F.COC(=O)c1cc2nc(-c3cccc(Br)c3C)oc2cc1OC(F)F. The van der Waals surface area contributed by atoms with Crippen molar-refractivity contribution in [2.24, 2.45) is 0 Å². The van der Waals surface area contributed by atoms with Gasteiger partial charge in [-0.05, 0) is 149 Å². The average Bonchev–Trinajstić information content (AvgIpc) is 1.60. The molecule has 1 aliphatic heterocycles. The van der Waals surface area contributed by atoms with Crippen molar-refractivity contribution in [1.82, 2.24) is 19.9 Å². The van der Waals surface area contributed by atoms with Gasteiger partial charge in [-0.15, -0.1) is 0 Å². The van der Waals surface area contributed by atoms with Crippen LogP contribution in [0.2, 0.25) is 0 Å². The highest BCUT2D eigenvalue weighted by molar-refractivity contribution is 9.10. The molecule has 32 heteroatoms. The molecule has 0 bridgehead atoms. The van der Waals surface area contributed by atoms with E-state index in [0.717, 1.165) is 89.5 Å². The van der Waals surface area contributed by atoms with Gasteiger partial charge in [0.25, 0.3) is 0 Å². The maximum Gasteiger partial charge on any atom is 0.495 e. The molecule has 0 radical (unpaired) electrons. The summed E-state index contributed by atoms with van der Waals surface area (Å²) < 4.78 is 176. The first-order valence-electron chi connectivity index (χ1n) is 31.6. The molecule has 1 aliphatic rings.